The van der Waals surface area contributed by atoms with E-state index in [1.165, 1.54) is 0 Å². The average molecular weight is 280 g/mol. The normalized spacial score (nSPS) is 10.7. The zero-order chi connectivity index (χ0) is 11.5. The van der Waals surface area contributed by atoms with Crippen molar-refractivity contribution in [2.75, 3.05) is 5.33 Å². The molecule has 1 heterocycles. The Morgan fingerprint density at radius 2 is 2.13 bits per heavy atom. The minimum absolute atomic E-state index is 0.190. The molecule has 80 valence electrons. The zero-order valence-corrected chi connectivity index (χ0v) is 8.87. The molecule has 0 radical (unpaired) electrons. The van der Waals surface area contributed by atoms with Crippen LogP contribution in [-0.2, 0) is 6.18 Å². The number of aromatic amines is 1. The van der Waals surface area contributed by atoms with Gasteiger partial charge in [-0.25, -0.2) is 0 Å². The Labute approximate surface area is 91.6 Å². The molecule has 6 heteroatoms. The SMILES string of the molecule is O=c1[nH]cc(C(F)(F)F)cc1C#CCBr. The highest BCUT2D eigenvalue weighted by Crippen LogP contribution is 2.28. The Morgan fingerprint density at radius 3 is 2.67 bits per heavy atom. The summed E-state index contributed by atoms with van der Waals surface area (Å²) in [7, 11) is 0. The fourth-order valence-electron chi connectivity index (χ4n) is 0.869. The van der Waals surface area contributed by atoms with Crippen LogP contribution in [0.4, 0.5) is 13.2 Å². The van der Waals surface area contributed by atoms with Gasteiger partial charge in [-0.3, -0.25) is 4.79 Å². The number of nitrogens with one attached hydrogen (secondary N) is 1. The number of rotatable bonds is 0. The standard InChI is InChI=1S/C9H5BrF3NO/c10-3-1-2-6-4-7(9(11,12)13)5-14-8(6)15/h4-5H,3H2,(H,14,15). The highest BCUT2D eigenvalue weighted by molar-refractivity contribution is 9.09. The second-order valence-electron chi connectivity index (χ2n) is 2.56. The number of H-pyrrole nitrogens is 1. The van der Waals surface area contributed by atoms with Crippen molar-refractivity contribution in [3.63, 3.8) is 0 Å². The molecule has 0 aromatic carbocycles. The topological polar surface area (TPSA) is 32.9 Å². The second kappa shape index (κ2) is 4.53. The van der Waals surface area contributed by atoms with Crippen LogP contribution in [0, 0.1) is 11.8 Å². The molecule has 1 aromatic rings. The molecule has 1 aromatic heterocycles. The lowest BCUT2D eigenvalue weighted by molar-refractivity contribution is -0.137. The lowest BCUT2D eigenvalue weighted by Crippen LogP contribution is -2.14. The third-order valence-corrected chi connectivity index (χ3v) is 1.80. The van der Waals surface area contributed by atoms with E-state index >= 15 is 0 Å². The van der Waals surface area contributed by atoms with Gasteiger partial charge in [0, 0.05) is 6.20 Å². The van der Waals surface area contributed by atoms with E-state index in [1.807, 2.05) is 4.98 Å². The van der Waals surface area contributed by atoms with E-state index in [0.29, 0.717) is 11.5 Å². The third kappa shape index (κ3) is 3.13. The summed E-state index contributed by atoms with van der Waals surface area (Å²) in [6.45, 7) is 0. The van der Waals surface area contributed by atoms with Gasteiger partial charge < -0.3 is 4.98 Å². The Balaban J connectivity index is 3.23. The van der Waals surface area contributed by atoms with Crippen molar-refractivity contribution in [1.29, 1.82) is 0 Å². The van der Waals surface area contributed by atoms with Gasteiger partial charge in [-0.2, -0.15) is 13.2 Å². The molecule has 0 aliphatic heterocycles. The molecule has 0 spiro atoms. The number of hydrogen-bond acceptors (Lipinski definition) is 1. The molecule has 0 aliphatic carbocycles. The summed E-state index contributed by atoms with van der Waals surface area (Å²) in [5.74, 6) is 4.80. The Morgan fingerprint density at radius 1 is 1.47 bits per heavy atom. The minimum atomic E-state index is -4.48. The van der Waals surface area contributed by atoms with Crippen LogP contribution in [0.2, 0.25) is 0 Å². The van der Waals surface area contributed by atoms with Crippen molar-refractivity contribution in [1.82, 2.24) is 4.98 Å². The molecule has 0 unspecified atom stereocenters. The van der Waals surface area contributed by atoms with Crippen molar-refractivity contribution in [2.24, 2.45) is 0 Å². The lowest BCUT2D eigenvalue weighted by atomic mass is 10.2. The van der Waals surface area contributed by atoms with Crippen molar-refractivity contribution >= 4 is 15.9 Å². The van der Waals surface area contributed by atoms with Gasteiger partial charge in [-0.05, 0) is 6.07 Å². The minimum Gasteiger partial charge on any atom is -0.327 e. The van der Waals surface area contributed by atoms with E-state index in [1.54, 1.807) is 0 Å². The molecule has 0 aliphatic rings. The molecule has 2 nitrogen and oxygen atoms in total. The predicted octanol–water partition coefficient (Wildman–Crippen LogP) is 2.14. The summed E-state index contributed by atoms with van der Waals surface area (Å²) in [5.41, 5.74) is -1.73. The van der Waals surface area contributed by atoms with E-state index in [9.17, 15) is 18.0 Å². The summed E-state index contributed by atoms with van der Waals surface area (Å²) >= 11 is 2.98. The summed E-state index contributed by atoms with van der Waals surface area (Å²) < 4.78 is 36.7. The average Bonchev–Trinajstić information content (AvgIpc) is 2.15. The van der Waals surface area contributed by atoms with E-state index in [-0.39, 0.29) is 5.56 Å². The molecule has 0 atom stereocenters. The Kier molecular flexibility index (Phi) is 3.58. The summed E-state index contributed by atoms with van der Waals surface area (Å²) in [6, 6.07) is 0.731. The molecule has 1 N–H and O–H groups in total. The zero-order valence-electron chi connectivity index (χ0n) is 7.28. The van der Waals surface area contributed by atoms with Crippen LogP contribution in [0.3, 0.4) is 0 Å². The Bertz CT molecular complexity index is 467. The smallest absolute Gasteiger partial charge is 0.327 e. The highest BCUT2D eigenvalue weighted by Gasteiger charge is 2.31. The van der Waals surface area contributed by atoms with Gasteiger partial charge in [-0.15, -0.1) is 0 Å². The molecule has 0 saturated heterocycles. The van der Waals surface area contributed by atoms with Crippen molar-refractivity contribution in [3.8, 4) is 11.8 Å². The first-order chi connectivity index (χ1) is 6.95. The maximum atomic E-state index is 12.2. The number of aromatic nitrogens is 1. The fraction of sp³-hybridized carbons (Fsp3) is 0.222. The molecule has 0 amide bonds. The van der Waals surface area contributed by atoms with E-state index in [2.05, 4.69) is 27.8 Å². The maximum absolute atomic E-state index is 12.2. The summed E-state index contributed by atoms with van der Waals surface area (Å²) in [4.78, 5) is 13.1. The van der Waals surface area contributed by atoms with Crippen LogP contribution in [0.25, 0.3) is 0 Å². The largest absolute Gasteiger partial charge is 0.417 e. The summed E-state index contributed by atoms with van der Waals surface area (Å²) in [5, 5.41) is 0.294. The van der Waals surface area contributed by atoms with E-state index < -0.39 is 17.3 Å². The molecule has 15 heavy (non-hydrogen) atoms. The fourth-order valence-corrected chi connectivity index (χ4v) is 1.01. The molecule has 0 bridgehead atoms. The number of hydrogen-bond donors (Lipinski definition) is 1. The second-order valence-corrected chi connectivity index (χ2v) is 3.13. The first kappa shape index (κ1) is 11.9. The number of alkyl halides is 4. The molecule has 1 rings (SSSR count). The number of halogens is 4. The van der Waals surface area contributed by atoms with E-state index in [0.717, 1.165) is 6.07 Å². The lowest BCUT2D eigenvalue weighted by Gasteiger charge is -2.05. The van der Waals surface area contributed by atoms with Crippen LogP contribution in [0.1, 0.15) is 11.1 Å². The van der Waals surface area contributed by atoms with Crippen molar-refractivity contribution in [2.45, 2.75) is 6.18 Å². The van der Waals surface area contributed by atoms with Gasteiger partial charge in [0.25, 0.3) is 5.56 Å². The maximum Gasteiger partial charge on any atom is 0.417 e. The van der Waals surface area contributed by atoms with Crippen LogP contribution in [0.5, 0.6) is 0 Å². The highest BCUT2D eigenvalue weighted by atomic mass is 79.9. The number of pyridine rings is 1. The van der Waals surface area contributed by atoms with E-state index in [4.69, 9.17) is 0 Å². The van der Waals surface area contributed by atoms with Crippen LogP contribution in [0.15, 0.2) is 17.1 Å². The Hall–Kier alpha value is -1.22. The van der Waals surface area contributed by atoms with Crippen molar-refractivity contribution < 1.29 is 13.2 Å². The quantitative estimate of drug-likeness (QED) is 0.573. The van der Waals surface area contributed by atoms with Gasteiger partial charge in [-0.1, -0.05) is 27.8 Å². The van der Waals surface area contributed by atoms with Gasteiger partial charge in [0.05, 0.1) is 16.5 Å². The molecule has 0 fully saturated rings. The van der Waals surface area contributed by atoms with Gasteiger partial charge in [0.2, 0.25) is 0 Å². The van der Waals surface area contributed by atoms with Gasteiger partial charge in [0.15, 0.2) is 0 Å². The van der Waals surface area contributed by atoms with Gasteiger partial charge in [0.1, 0.15) is 0 Å². The first-order valence-corrected chi connectivity index (χ1v) is 4.92. The first-order valence-electron chi connectivity index (χ1n) is 3.80. The summed E-state index contributed by atoms with van der Waals surface area (Å²) in [6.07, 6.45) is -3.85. The predicted molar refractivity (Wildman–Crippen MR) is 52.7 cm³/mol. The van der Waals surface area contributed by atoms with Crippen LogP contribution < -0.4 is 5.56 Å². The van der Waals surface area contributed by atoms with Crippen LogP contribution >= 0.6 is 15.9 Å². The molecular formula is C9H5BrF3NO. The van der Waals surface area contributed by atoms with Crippen LogP contribution in [-0.4, -0.2) is 10.3 Å². The third-order valence-electron chi connectivity index (χ3n) is 1.52. The monoisotopic (exact) mass is 279 g/mol. The molecule has 0 saturated carbocycles. The van der Waals surface area contributed by atoms with Crippen molar-refractivity contribution in [3.05, 3.63) is 33.7 Å². The van der Waals surface area contributed by atoms with Gasteiger partial charge >= 0.3 is 6.18 Å². The molecular weight excluding hydrogens is 275 g/mol.